The third kappa shape index (κ3) is 4.14. The Kier molecular flexibility index (Phi) is 3.62. The molecule has 0 aliphatic carbocycles. The summed E-state index contributed by atoms with van der Waals surface area (Å²) in [6.07, 6.45) is 5.53. The number of hydrogen-bond acceptors (Lipinski definition) is 3. The molecule has 0 spiro atoms. The Balaban J connectivity index is 2.19. The third-order valence-corrected chi connectivity index (χ3v) is 3.15. The van der Waals surface area contributed by atoms with E-state index in [4.69, 9.17) is 0 Å². The van der Waals surface area contributed by atoms with Gasteiger partial charge in [0, 0.05) is 18.8 Å². The molecule has 1 rings (SSSR count). The molecule has 0 bridgehead atoms. The van der Waals surface area contributed by atoms with Crippen LogP contribution in [0, 0.1) is 0 Å². The molecule has 0 amide bonds. The molecule has 0 saturated heterocycles. The number of hydrogen-bond donors (Lipinski definition) is 1. The van der Waals surface area contributed by atoms with Crippen molar-refractivity contribution < 1.29 is 5.11 Å². The summed E-state index contributed by atoms with van der Waals surface area (Å²) in [6.45, 7) is 5.82. The summed E-state index contributed by atoms with van der Waals surface area (Å²) in [5.74, 6) is 0.779. The van der Waals surface area contributed by atoms with E-state index >= 15 is 0 Å². The average molecular weight is 187 g/mol. The molecule has 1 aliphatic rings. The van der Waals surface area contributed by atoms with Gasteiger partial charge < -0.3 is 5.11 Å². The van der Waals surface area contributed by atoms with Gasteiger partial charge in [-0.15, -0.1) is 0 Å². The number of aliphatic hydroxyl groups is 1. The van der Waals surface area contributed by atoms with E-state index in [1.807, 2.05) is 13.8 Å². The molecule has 1 aliphatic heterocycles. The van der Waals surface area contributed by atoms with E-state index in [0.29, 0.717) is 0 Å². The monoisotopic (exact) mass is 187 g/mol. The second-order valence-corrected chi connectivity index (χ2v) is 4.80. The predicted molar refractivity (Wildman–Crippen MR) is 54.1 cm³/mol. The lowest BCUT2D eigenvalue weighted by atomic mass is 10.2. The van der Waals surface area contributed by atoms with Crippen LogP contribution in [0.15, 0.2) is 12.2 Å². The van der Waals surface area contributed by atoms with Gasteiger partial charge in [-0.05, 0) is 20.3 Å². The molecule has 0 radical (unpaired) electrons. The van der Waals surface area contributed by atoms with Crippen LogP contribution in [0.4, 0.5) is 0 Å². The van der Waals surface area contributed by atoms with E-state index in [9.17, 15) is 5.11 Å². The predicted octanol–water partition coefficient (Wildman–Crippen LogP) is 1.67. The zero-order chi connectivity index (χ0) is 9.03. The molecule has 0 aromatic heterocycles. The van der Waals surface area contributed by atoms with Crippen LogP contribution in [0.1, 0.15) is 20.3 Å². The normalized spacial score (nSPS) is 19.9. The smallest absolute Gasteiger partial charge is 0.0694 e. The van der Waals surface area contributed by atoms with E-state index in [0.717, 1.165) is 25.3 Å². The Hall–Kier alpha value is 0.0100. The van der Waals surface area contributed by atoms with Crippen molar-refractivity contribution in [2.45, 2.75) is 25.9 Å². The molecule has 0 unspecified atom stereocenters. The molecule has 0 aromatic rings. The van der Waals surface area contributed by atoms with Gasteiger partial charge in [-0.25, -0.2) is 4.31 Å². The molecule has 0 fully saturated rings. The summed E-state index contributed by atoms with van der Waals surface area (Å²) < 4.78 is 2.29. The Morgan fingerprint density at radius 1 is 1.50 bits per heavy atom. The average Bonchev–Trinajstić information content (AvgIpc) is 2.02. The molecule has 70 valence electrons. The van der Waals surface area contributed by atoms with Gasteiger partial charge in [-0.1, -0.05) is 24.1 Å². The van der Waals surface area contributed by atoms with Crippen LogP contribution < -0.4 is 0 Å². The minimum Gasteiger partial charge on any atom is -0.390 e. The van der Waals surface area contributed by atoms with E-state index in [-0.39, 0.29) is 0 Å². The lowest BCUT2D eigenvalue weighted by Gasteiger charge is -2.25. The summed E-state index contributed by atoms with van der Waals surface area (Å²) in [6, 6.07) is 0. The van der Waals surface area contributed by atoms with Crippen LogP contribution in [0.3, 0.4) is 0 Å². The van der Waals surface area contributed by atoms with Crippen molar-refractivity contribution in [3.63, 3.8) is 0 Å². The highest BCUT2D eigenvalue weighted by molar-refractivity contribution is 7.97. The van der Waals surface area contributed by atoms with Crippen molar-refractivity contribution in [2.24, 2.45) is 0 Å². The topological polar surface area (TPSA) is 23.5 Å². The maximum atomic E-state index is 9.48. The van der Waals surface area contributed by atoms with Gasteiger partial charge in [-0.3, -0.25) is 0 Å². The SMILES string of the molecule is CC(C)(O)CSN1CC=CCC1. The van der Waals surface area contributed by atoms with E-state index in [2.05, 4.69) is 16.5 Å². The zero-order valence-corrected chi connectivity index (χ0v) is 8.60. The fourth-order valence-electron chi connectivity index (χ4n) is 0.986. The Morgan fingerprint density at radius 2 is 2.25 bits per heavy atom. The van der Waals surface area contributed by atoms with Crippen molar-refractivity contribution in [3.8, 4) is 0 Å². The molecule has 0 atom stereocenters. The molecule has 0 saturated carbocycles. The first-order chi connectivity index (χ1) is 5.58. The largest absolute Gasteiger partial charge is 0.390 e. The lowest BCUT2D eigenvalue weighted by molar-refractivity contribution is 0.106. The number of rotatable bonds is 3. The first kappa shape index (κ1) is 10.1. The molecule has 1 N–H and O–H groups in total. The Labute approximate surface area is 78.8 Å². The van der Waals surface area contributed by atoms with Gasteiger partial charge >= 0.3 is 0 Å². The summed E-state index contributed by atoms with van der Waals surface area (Å²) in [4.78, 5) is 0. The molecule has 0 aromatic carbocycles. The maximum Gasteiger partial charge on any atom is 0.0694 e. The fraction of sp³-hybridized carbons (Fsp3) is 0.778. The Morgan fingerprint density at radius 3 is 2.75 bits per heavy atom. The molecular weight excluding hydrogens is 170 g/mol. The minimum atomic E-state index is -0.550. The standard InChI is InChI=1S/C9H17NOS/c1-9(2,11)8-12-10-6-4-3-5-7-10/h3-4,11H,5-8H2,1-2H3. The summed E-state index contributed by atoms with van der Waals surface area (Å²) in [5, 5.41) is 9.48. The second kappa shape index (κ2) is 4.30. The van der Waals surface area contributed by atoms with Crippen molar-refractivity contribution in [3.05, 3.63) is 12.2 Å². The summed E-state index contributed by atoms with van der Waals surface area (Å²) in [7, 11) is 0. The summed E-state index contributed by atoms with van der Waals surface area (Å²) in [5.41, 5.74) is -0.550. The quantitative estimate of drug-likeness (QED) is 0.537. The van der Waals surface area contributed by atoms with Gasteiger partial charge in [0.25, 0.3) is 0 Å². The fourth-order valence-corrected chi connectivity index (χ4v) is 1.91. The van der Waals surface area contributed by atoms with Gasteiger partial charge in [0.1, 0.15) is 0 Å². The van der Waals surface area contributed by atoms with Crippen molar-refractivity contribution in [2.75, 3.05) is 18.8 Å². The first-order valence-electron chi connectivity index (χ1n) is 4.33. The first-order valence-corrected chi connectivity index (χ1v) is 5.27. The van der Waals surface area contributed by atoms with E-state index < -0.39 is 5.60 Å². The molecule has 12 heavy (non-hydrogen) atoms. The van der Waals surface area contributed by atoms with Gasteiger partial charge in [-0.2, -0.15) is 0 Å². The van der Waals surface area contributed by atoms with E-state index in [1.165, 1.54) is 0 Å². The lowest BCUT2D eigenvalue weighted by Crippen LogP contribution is -2.28. The van der Waals surface area contributed by atoms with Crippen LogP contribution in [0.5, 0.6) is 0 Å². The number of nitrogens with zero attached hydrogens (tertiary/aromatic N) is 1. The molecule has 1 heterocycles. The van der Waals surface area contributed by atoms with Crippen LogP contribution in [-0.2, 0) is 0 Å². The van der Waals surface area contributed by atoms with Gasteiger partial charge in [0.2, 0.25) is 0 Å². The summed E-state index contributed by atoms with van der Waals surface area (Å²) >= 11 is 1.74. The molecule has 2 nitrogen and oxygen atoms in total. The second-order valence-electron chi connectivity index (χ2n) is 3.73. The maximum absolute atomic E-state index is 9.48. The molecule has 3 heteroatoms. The molecular formula is C9H17NOS. The minimum absolute atomic E-state index is 0.550. The van der Waals surface area contributed by atoms with Crippen LogP contribution >= 0.6 is 11.9 Å². The van der Waals surface area contributed by atoms with Crippen LogP contribution in [0.25, 0.3) is 0 Å². The zero-order valence-electron chi connectivity index (χ0n) is 7.79. The van der Waals surface area contributed by atoms with Crippen molar-refractivity contribution in [1.82, 2.24) is 4.31 Å². The van der Waals surface area contributed by atoms with Gasteiger partial charge in [0.15, 0.2) is 0 Å². The Bertz CT molecular complexity index is 162. The highest BCUT2D eigenvalue weighted by Gasteiger charge is 2.15. The third-order valence-electron chi connectivity index (χ3n) is 1.62. The highest BCUT2D eigenvalue weighted by atomic mass is 32.2. The highest BCUT2D eigenvalue weighted by Crippen LogP contribution is 2.18. The van der Waals surface area contributed by atoms with Crippen molar-refractivity contribution in [1.29, 1.82) is 0 Å². The van der Waals surface area contributed by atoms with E-state index in [1.54, 1.807) is 11.9 Å². The van der Waals surface area contributed by atoms with Gasteiger partial charge in [0.05, 0.1) is 5.60 Å². The van der Waals surface area contributed by atoms with Crippen molar-refractivity contribution >= 4 is 11.9 Å². The van der Waals surface area contributed by atoms with Crippen LogP contribution in [-0.4, -0.2) is 33.9 Å². The van der Waals surface area contributed by atoms with Crippen LogP contribution in [0.2, 0.25) is 0 Å².